The zero-order chi connectivity index (χ0) is 38.1. The molecule has 1 aliphatic carbocycles. The van der Waals surface area contributed by atoms with Gasteiger partial charge in [0.25, 0.3) is 0 Å². The van der Waals surface area contributed by atoms with Crippen molar-refractivity contribution in [2.24, 2.45) is 0 Å². The maximum Gasteiger partial charge on any atom is 0.143 e. The lowest BCUT2D eigenvalue weighted by molar-refractivity contribution is 0.660. The van der Waals surface area contributed by atoms with Gasteiger partial charge in [-0.2, -0.15) is 0 Å². The average molecular weight is 730 g/mol. The largest absolute Gasteiger partial charge is 0.455 e. The highest BCUT2D eigenvalue weighted by Gasteiger charge is 2.38. The second kappa shape index (κ2) is 13.0. The molecule has 2 nitrogen and oxygen atoms in total. The van der Waals surface area contributed by atoms with Crippen molar-refractivity contribution in [3.8, 4) is 44.5 Å². The molecule has 0 radical (unpaired) electrons. The molecule has 11 rings (SSSR count). The normalized spacial score (nSPS) is 12.9. The van der Waals surface area contributed by atoms with E-state index in [4.69, 9.17) is 4.42 Å². The maximum absolute atomic E-state index is 6.77. The first-order valence-electron chi connectivity index (χ1n) is 19.8. The molecule has 9 aromatic carbocycles. The minimum absolute atomic E-state index is 0.131. The molecule has 10 aromatic rings. The van der Waals surface area contributed by atoms with Crippen LogP contribution in [0.4, 0.5) is 17.1 Å². The standard InChI is InChI=1S/C55H39NO/c1-55(2)48-24-12-11-21-46(48)52-49(55)25-14-26-51(52)56(50-34-30-40(36-15-5-3-6-16-36)35-47(50)37-17-7-4-8-18-37)41-31-27-39(28-32-41)43-22-13-23-44-45-33-29-38-19-9-10-20-42(38)54(45)57-53(43)44/h3-35H,1-2H3. The highest BCUT2D eigenvalue weighted by molar-refractivity contribution is 6.17. The van der Waals surface area contributed by atoms with E-state index in [1.807, 2.05) is 0 Å². The van der Waals surface area contributed by atoms with Crippen LogP contribution in [0.2, 0.25) is 0 Å². The molecule has 2 heteroatoms. The van der Waals surface area contributed by atoms with Gasteiger partial charge in [0, 0.05) is 44.0 Å². The third kappa shape index (κ3) is 5.25. The van der Waals surface area contributed by atoms with E-state index in [1.165, 1.54) is 49.9 Å². The molecule has 1 aromatic heterocycles. The van der Waals surface area contributed by atoms with E-state index in [0.717, 1.165) is 55.5 Å². The minimum Gasteiger partial charge on any atom is -0.455 e. The van der Waals surface area contributed by atoms with Crippen molar-refractivity contribution in [3.05, 3.63) is 211 Å². The highest BCUT2D eigenvalue weighted by Crippen LogP contribution is 2.55. The minimum atomic E-state index is -0.131. The molecule has 1 heterocycles. The molecule has 1 aliphatic rings. The molecule has 0 spiro atoms. The number of nitrogens with zero attached hydrogens (tertiary/aromatic N) is 1. The Morgan fingerprint density at radius 1 is 0.386 bits per heavy atom. The number of para-hydroxylation sites is 1. The summed E-state index contributed by atoms with van der Waals surface area (Å²) >= 11 is 0. The van der Waals surface area contributed by atoms with Crippen LogP contribution in [0.5, 0.6) is 0 Å². The summed E-state index contributed by atoms with van der Waals surface area (Å²) in [7, 11) is 0. The quantitative estimate of drug-likeness (QED) is 0.169. The number of rotatable bonds is 6. The van der Waals surface area contributed by atoms with Gasteiger partial charge >= 0.3 is 0 Å². The summed E-state index contributed by atoms with van der Waals surface area (Å²) in [4.78, 5) is 2.48. The van der Waals surface area contributed by atoms with Crippen molar-refractivity contribution in [2.75, 3.05) is 4.90 Å². The van der Waals surface area contributed by atoms with Crippen LogP contribution in [0.3, 0.4) is 0 Å². The predicted molar refractivity (Wildman–Crippen MR) is 240 cm³/mol. The predicted octanol–water partition coefficient (Wildman–Crippen LogP) is 15.5. The molecule has 0 bridgehead atoms. The first kappa shape index (κ1) is 33.2. The van der Waals surface area contributed by atoms with Gasteiger partial charge in [-0.15, -0.1) is 0 Å². The number of anilines is 3. The monoisotopic (exact) mass is 729 g/mol. The third-order valence-corrected chi connectivity index (χ3v) is 12.1. The van der Waals surface area contributed by atoms with Gasteiger partial charge < -0.3 is 9.32 Å². The van der Waals surface area contributed by atoms with E-state index in [1.54, 1.807) is 0 Å². The van der Waals surface area contributed by atoms with Gasteiger partial charge in [-0.05, 0) is 80.7 Å². The summed E-state index contributed by atoms with van der Waals surface area (Å²) in [6.45, 7) is 4.71. The van der Waals surface area contributed by atoms with Gasteiger partial charge in [-0.1, -0.05) is 178 Å². The summed E-state index contributed by atoms with van der Waals surface area (Å²) in [6, 6.07) is 72.6. The van der Waals surface area contributed by atoms with Crippen LogP contribution in [0.1, 0.15) is 25.0 Å². The molecule has 0 saturated carbocycles. The van der Waals surface area contributed by atoms with Crippen molar-refractivity contribution in [3.63, 3.8) is 0 Å². The van der Waals surface area contributed by atoms with E-state index in [-0.39, 0.29) is 5.41 Å². The van der Waals surface area contributed by atoms with Crippen LogP contribution >= 0.6 is 0 Å². The molecule has 0 amide bonds. The van der Waals surface area contributed by atoms with Crippen LogP contribution < -0.4 is 4.90 Å². The fraction of sp³-hybridized carbons (Fsp3) is 0.0545. The molecule has 0 aliphatic heterocycles. The second-order valence-electron chi connectivity index (χ2n) is 15.7. The van der Waals surface area contributed by atoms with Gasteiger partial charge in [0.05, 0.1) is 11.4 Å². The Bertz CT molecular complexity index is 3140. The first-order valence-corrected chi connectivity index (χ1v) is 19.8. The summed E-state index contributed by atoms with van der Waals surface area (Å²) in [5.41, 5.74) is 17.3. The SMILES string of the molecule is CC1(C)c2ccccc2-c2c(N(c3ccc(-c4cccc5c4oc4c6ccccc6ccc54)cc3)c3ccc(-c4ccccc4)cc3-c3ccccc3)cccc21. The van der Waals surface area contributed by atoms with Crippen molar-refractivity contribution in [1.29, 1.82) is 0 Å². The van der Waals surface area contributed by atoms with Gasteiger partial charge in [0.2, 0.25) is 0 Å². The summed E-state index contributed by atoms with van der Waals surface area (Å²) < 4.78 is 6.77. The Morgan fingerprint density at radius 3 is 1.82 bits per heavy atom. The maximum atomic E-state index is 6.77. The highest BCUT2D eigenvalue weighted by atomic mass is 16.3. The van der Waals surface area contributed by atoms with Crippen LogP contribution in [0.15, 0.2) is 205 Å². The molecule has 270 valence electrons. The van der Waals surface area contributed by atoms with Crippen LogP contribution in [0.25, 0.3) is 77.2 Å². The van der Waals surface area contributed by atoms with Gasteiger partial charge in [-0.3, -0.25) is 0 Å². The Morgan fingerprint density at radius 2 is 1.00 bits per heavy atom. The van der Waals surface area contributed by atoms with Crippen LogP contribution in [0, 0.1) is 0 Å². The van der Waals surface area contributed by atoms with Crippen LogP contribution in [-0.2, 0) is 5.41 Å². The Kier molecular flexibility index (Phi) is 7.55. The molecule has 0 unspecified atom stereocenters. The smallest absolute Gasteiger partial charge is 0.143 e. The fourth-order valence-corrected chi connectivity index (χ4v) is 9.26. The van der Waals surface area contributed by atoms with Crippen molar-refractivity contribution >= 4 is 49.8 Å². The number of hydrogen-bond acceptors (Lipinski definition) is 2. The lowest BCUT2D eigenvalue weighted by Gasteiger charge is -2.31. The third-order valence-electron chi connectivity index (χ3n) is 12.1. The van der Waals surface area contributed by atoms with Gasteiger partial charge in [0.1, 0.15) is 11.2 Å². The lowest BCUT2D eigenvalue weighted by Crippen LogP contribution is -2.16. The molecular formula is C55H39NO. The van der Waals surface area contributed by atoms with Crippen molar-refractivity contribution in [1.82, 2.24) is 0 Å². The number of fused-ring (bicyclic) bond motifs is 8. The zero-order valence-corrected chi connectivity index (χ0v) is 31.9. The van der Waals surface area contributed by atoms with Crippen LogP contribution in [-0.4, -0.2) is 0 Å². The van der Waals surface area contributed by atoms with E-state index >= 15 is 0 Å². The van der Waals surface area contributed by atoms with E-state index in [9.17, 15) is 0 Å². The topological polar surface area (TPSA) is 16.4 Å². The molecule has 0 fully saturated rings. The lowest BCUT2D eigenvalue weighted by atomic mass is 9.82. The summed E-state index contributed by atoms with van der Waals surface area (Å²) in [5.74, 6) is 0. The Labute approximate surface area is 332 Å². The number of benzene rings is 9. The van der Waals surface area contributed by atoms with E-state index < -0.39 is 0 Å². The molecule has 0 atom stereocenters. The number of furan rings is 1. The van der Waals surface area contributed by atoms with Crippen molar-refractivity contribution < 1.29 is 4.42 Å². The Balaban J connectivity index is 1.13. The first-order chi connectivity index (χ1) is 28.0. The average Bonchev–Trinajstić information content (AvgIpc) is 3.78. The molecular weight excluding hydrogens is 691 g/mol. The summed E-state index contributed by atoms with van der Waals surface area (Å²) in [5, 5.41) is 4.59. The van der Waals surface area contributed by atoms with E-state index in [0.29, 0.717) is 0 Å². The van der Waals surface area contributed by atoms with Crippen molar-refractivity contribution in [2.45, 2.75) is 19.3 Å². The molecule has 0 N–H and O–H groups in total. The van der Waals surface area contributed by atoms with E-state index in [2.05, 4.69) is 219 Å². The molecule has 57 heavy (non-hydrogen) atoms. The molecule has 0 saturated heterocycles. The number of hydrogen-bond donors (Lipinski definition) is 0. The fourth-order valence-electron chi connectivity index (χ4n) is 9.26. The van der Waals surface area contributed by atoms with Gasteiger partial charge in [-0.25, -0.2) is 0 Å². The Hall–Kier alpha value is -7.16. The van der Waals surface area contributed by atoms with Gasteiger partial charge in [0.15, 0.2) is 0 Å². The second-order valence-corrected chi connectivity index (χ2v) is 15.7. The summed E-state index contributed by atoms with van der Waals surface area (Å²) in [6.07, 6.45) is 0. The zero-order valence-electron chi connectivity index (χ0n) is 31.9.